The van der Waals surface area contributed by atoms with Gasteiger partial charge in [-0.25, -0.2) is 0 Å². The number of hydrogen-bond donors (Lipinski definition) is 2. The summed E-state index contributed by atoms with van der Waals surface area (Å²) in [7, 11) is 0. The number of nitrogens with one attached hydrogen (secondary N) is 2. The van der Waals surface area contributed by atoms with Gasteiger partial charge in [0.2, 0.25) is 5.89 Å². The molecule has 0 spiro atoms. The number of anilines is 2. The molecule has 2 N–H and O–H groups in total. The Bertz CT molecular complexity index is 563. The van der Waals surface area contributed by atoms with Crippen LogP contribution < -0.4 is 10.6 Å². The third kappa shape index (κ3) is 3.34. The van der Waals surface area contributed by atoms with Gasteiger partial charge in [0.25, 0.3) is 0 Å². The molecule has 1 aliphatic carbocycles. The van der Waals surface area contributed by atoms with Gasteiger partial charge in [0.1, 0.15) is 0 Å². The van der Waals surface area contributed by atoms with Crippen molar-refractivity contribution in [1.29, 1.82) is 0 Å². The van der Waals surface area contributed by atoms with E-state index in [2.05, 4.69) is 52.7 Å². The van der Waals surface area contributed by atoms with Gasteiger partial charge in [0.05, 0.1) is 12.2 Å². The van der Waals surface area contributed by atoms with Gasteiger partial charge in [0, 0.05) is 15.0 Å². The molecule has 0 saturated heterocycles. The van der Waals surface area contributed by atoms with E-state index in [-0.39, 0.29) is 0 Å². The number of rotatable bonds is 5. The highest BCUT2D eigenvalue weighted by Gasteiger charge is 2.21. The Morgan fingerprint density at radius 2 is 1.95 bits per heavy atom. The van der Waals surface area contributed by atoms with Gasteiger partial charge in [-0.3, -0.25) is 0 Å². The molecule has 3 rings (SSSR count). The van der Waals surface area contributed by atoms with Crippen molar-refractivity contribution < 1.29 is 4.42 Å². The van der Waals surface area contributed by atoms with Crippen LogP contribution in [0.3, 0.4) is 0 Å². The minimum atomic E-state index is 0.389. The van der Waals surface area contributed by atoms with Crippen LogP contribution in [0.2, 0.25) is 0 Å². The van der Waals surface area contributed by atoms with E-state index in [4.69, 9.17) is 4.42 Å². The van der Waals surface area contributed by atoms with Crippen molar-refractivity contribution in [3.63, 3.8) is 0 Å². The minimum Gasteiger partial charge on any atom is -0.406 e. The van der Waals surface area contributed by atoms with Crippen LogP contribution in [-0.4, -0.2) is 16.2 Å². The Kier molecular flexibility index (Phi) is 3.86. The molecule has 1 fully saturated rings. The fourth-order valence-corrected chi connectivity index (χ4v) is 2.82. The second-order valence-corrected chi connectivity index (χ2v) is 6.09. The predicted molar refractivity (Wildman–Crippen MR) is 79.3 cm³/mol. The Morgan fingerprint density at radius 1 is 1.21 bits per heavy atom. The molecule has 0 bridgehead atoms. The zero-order chi connectivity index (χ0) is 13.2. The second kappa shape index (κ2) is 5.60. The first-order valence-electron chi connectivity index (χ1n) is 5.99. The van der Waals surface area contributed by atoms with Gasteiger partial charge in [0.15, 0.2) is 0 Å². The molecule has 5 nitrogen and oxygen atoms in total. The molecule has 19 heavy (non-hydrogen) atoms. The van der Waals surface area contributed by atoms with E-state index in [1.807, 2.05) is 18.2 Å². The lowest BCUT2D eigenvalue weighted by atomic mass is 10.3. The van der Waals surface area contributed by atoms with E-state index >= 15 is 0 Å². The van der Waals surface area contributed by atoms with Gasteiger partial charge in [-0.15, -0.1) is 5.10 Å². The van der Waals surface area contributed by atoms with Gasteiger partial charge in [-0.2, -0.15) is 0 Å². The van der Waals surface area contributed by atoms with Crippen LogP contribution in [0, 0.1) is 0 Å². The van der Waals surface area contributed by atoms with Gasteiger partial charge in [-0.1, -0.05) is 11.2 Å². The van der Waals surface area contributed by atoms with Gasteiger partial charge in [-0.05, 0) is 56.8 Å². The zero-order valence-corrected chi connectivity index (χ0v) is 13.2. The molecular formula is C12H12Br2N4O. The van der Waals surface area contributed by atoms with E-state index < -0.39 is 0 Å². The lowest BCUT2D eigenvalue weighted by Gasteiger charge is -2.06. The van der Waals surface area contributed by atoms with E-state index in [1.54, 1.807) is 0 Å². The van der Waals surface area contributed by atoms with Crippen molar-refractivity contribution in [2.45, 2.75) is 25.4 Å². The van der Waals surface area contributed by atoms with Gasteiger partial charge < -0.3 is 15.1 Å². The Labute approximate surface area is 127 Å². The maximum absolute atomic E-state index is 5.54. The van der Waals surface area contributed by atoms with Crippen LogP contribution in [0.1, 0.15) is 18.7 Å². The van der Waals surface area contributed by atoms with Crippen molar-refractivity contribution in [2.75, 3.05) is 5.32 Å². The summed E-state index contributed by atoms with van der Waals surface area (Å²) in [5.74, 6) is 0.595. The average molecular weight is 388 g/mol. The molecule has 0 amide bonds. The molecule has 1 heterocycles. The summed E-state index contributed by atoms with van der Waals surface area (Å²) in [5.41, 5.74) is 0.868. The number of para-hydroxylation sites is 1. The van der Waals surface area contributed by atoms with Gasteiger partial charge >= 0.3 is 6.01 Å². The van der Waals surface area contributed by atoms with E-state index in [0.29, 0.717) is 24.5 Å². The third-order valence-electron chi connectivity index (χ3n) is 2.78. The summed E-state index contributed by atoms with van der Waals surface area (Å²) in [6.07, 6.45) is 2.48. The fourth-order valence-electron chi connectivity index (χ4n) is 1.62. The van der Waals surface area contributed by atoms with Crippen molar-refractivity contribution in [3.05, 3.63) is 33.0 Å². The molecule has 0 atom stereocenters. The van der Waals surface area contributed by atoms with Crippen LogP contribution in [0.5, 0.6) is 0 Å². The van der Waals surface area contributed by atoms with Crippen molar-refractivity contribution in [1.82, 2.24) is 15.5 Å². The number of benzene rings is 1. The first kappa shape index (κ1) is 13.1. The second-order valence-electron chi connectivity index (χ2n) is 4.38. The van der Waals surface area contributed by atoms with Crippen LogP contribution in [0.25, 0.3) is 0 Å². The Morgan fingerprint density at radius 3 is 2.63 bits per heavy atom. The monoisotopic (exact) mass is 386 g/mol. The van der Waals surface area contributed by atoms with Crippen LogP contribution in [-0.2, 0) is 6.54 Å². The maximum Gasteiger partial charge on any atom is 0.320 e. The van der Waals surface area contributed by atoms with E-state index in [0.717, 1.165) is 14.6 Å². The van der Waals surface area contributed by atoms with E-state index in [1.165, 1.54) is 12.8 Å². The summed E-state index contributed by atoms with van der Waals surface area (Å²) in [6, 6.07) is 6.84. The molecule has 0 radical (unpaired) electrons. The normalized spacial score (nSPS) is 14.6. The lowest BCUT2D eigenvalue weighted by Crippen LogP contribution is -2.15. The Hall–Kier alpha value is -0.920. The highest BCUT2D eigenvalue weighted by molar-refractivity contribution is 9.11. The van der Waals surface area contributed by atoms with Crippen LogP contribution in [0.15, 0.2) is 31.6 Å². The first-order chi connectivity index (χ1) is 9.22. The molecule has 2 aromatic rings. The molecule has 7 heteroatoms. The standard InChI is InChI=1S/C12H12Br2N4O/c13-8-2-1-3-9(14)11(8)16-12-18-17-10(19-12)6-15-7-4-5-7/h1-3,7,15H,4-6H2,(H,16,18). The molecule has 100 valence electrons. The summed E-state index contributed by atoms with van der Waals surface area (Å²) in [6.45, 7) is 0.622. The summed E-state index contributed by atoms with van der Waals surface area (Å²) < 4.78 is 7.40. The van der Waals surface area contributed by atoms with Crippen LogP contribution in [0.4, 0.5) is 11.7 Å². The maximum atomic E-state index is 5.54. The molecule has 1 saturated carbocycles. The van der Waals surface area contributed by atoms with Crippen molar-refractivity contribution in [3.8, 4) is 0 Å². The van der Waals surface area contributed by atoms with Crippen molar-refractivity contribution >= 4 is 43.6 Å². The predicted octanol–water partition coefficient (Wildman–Crippen LogP) is 3.59. The van der Waals surface area contributed by atoms with Crippen LogP contribution >= 0.6 is 31.9 Å². The van der Waals surface area contributed by atoms with E-state index in [9.17, 15) is 0 Å². The molecule has 1 aromatic carbocycles. The van der Waals surface area contributed by atoms with Crippen molar-refractivity contribution in [2.24, 2.45) is 0 Å². The third-order valence-corrected chi connectivity index (χ3v) is 4.10. The number of nitrogens with zero attached hydrogens (tertiary/aromatic N) is 2. The SMILES string of the molecule is Brc1cccc(Br)c1Nc1nnc(CNC2CC2)o1. The quantitative estimate of drug-likeness (QED) is 0.820. The lowest BCUT2D eigenvalue weighted by molar-refractivity contribution is 0.478. The minimum absolute atomic E-state index is 0.389. The zero-order valence-electron chi connectivity index (χ0n) is 9.99. The number of aromatic nitrogens is 2. The summed E-state index contributed by atoms with van der Waals surface area (Å²) >= 11 is 6.95. The molecule has 1 aliphatic rings. The average Bonchev–Trinajstić information content (AvgIpc) is 3.11. The first-order valence-corrected chi connectivity index (χ1v) is 7.58. The molecular weight excluding hydrogens is 376 g/mol. The molecule has 0 aliphatic heterocycles. The highest BCUT2D eigenvalue weighted by Crippen LogP contribution is 2.32. The molecule has 1 aromatic heterocycles. The topological polar surface area (TPSA) is 63.0 Å². The smallest absolute Gasteiger partial charge is 0.320 e. The summed E-state index contributed by atoms with van der Waals surface area (Å²) in [4.78, 5) is 0. The summed E-state index contributed by atoms with van der Waals surface area (Å²) in [5, 5.41) is 14.4. The molecule has 0 unspecified atom stereocenters. The number of hydrogen-bond acceptors (Lipinski definition) is 5. The Balaban J connectivity index is 1.68. The fraction of sp³-hybridized carbons (Fsp3) is 0.333. The largest absolute Gasteiger partial charge is 0.406 e. The number of halogens is 2. The highest BCUT2D eigenvalue weighted by atomic mass is 79.9.